The third-order valence-corrected chi connectivity index (χ3v) is 7.26. The Hall–Kier alpha value is 1.51. The van der Waals surface area contributed by atoms with Crippen LogP contribution in [0.2, 0.25) is 0 Å². The van der Waals surface area contributed by atoms with Gasteiger partial charge in [0.2, 0.25) is 0 Å². The second kappa shape index (κ2) is 25.1. The van der Waals surface area contributed by atoms with Crippen molar-refractivity contribution in [2.45, 2.75) is 147 Å². The summed E-state index contributed by atoms with van der Waals surface area (Å²) in [6.07, 6.45) is 23.2. The van der Waals surface area contributed by atoms with Gasteiger partial charge < -0.3 is 9.66 Å². The van der Waals surface area contributed by atoms with Gasteiger partial charge >= 0.3 is 51.4 Å². The fraction of sp³-hybridized carbons (Fsp3) is 1.00. The van der Waals surface area contributed by atoms with E-state index >= 15 is 0 Å². The molecule has 0 saturated heterocycles. The molecule has 1 N–H and O–H groups in total. The second-order valence-corrected chi connectivity index (χ2v) is 10.4. The van der Waals surface area contributed by atoms with Gasteiger partial charge in [-0.05, 0) is 19.3 Å². The Labute approximate surface area is 230 Å². The van der Waals surface area contributed by atoms with Gasteiger partial charge in [0.15, 0.2) is 0 Å². The van der Waals surface area contributed by atoms with Gasteiger partial charge in [-0.25, -0.2) is 8.42 Å². The van der Waals surface area contributed by atoms with Gasteiger partial charge in [-0.2, -0.15) is 0 Å². The smallest absolute Gasteiger partial charge is 0.748 e. The molecule has 0 fully saturated rings. The number of hydrogen-bond donors (Lipinski definition) is 1. The number of aliphatic hydroxyl groups excluding tert-OH is 1. The van der Waals surface area contributed by atoms with Crippen LogP contribution in [0, 0.1) is 0 Å². The van der Waals surface area contributed by atoms with Crippen LogP contribution in [0.5, 0.6) is 0 Å². The van der Waals surface area contributed by atoms with E-state index in [-0.39, 0.29) is 51.4 Å². The van der Waals surface area contributed by atoms with Crippen LogP contribution in [0.1, 0.15) is 142 Å². The van der Waals surface area contributed by atoms with Crippen molar-refractivity contribution in [3.05, 3.63) is 0 Å². The molecule has 0 aliphatic heterocycles. The minimum absolute atomic E-state index is 0. The summed E-state index contributed by atoms with van der Waals surface area (Å²) in [4.78, 5) is 0. The zero-order valence-corrected chi connectivity index (χ0v) is 24.2. The Balaban J connectivity index is 0. The van der Waals surface area contributed by atoms with E-state index in [1.807, 2.05) is 0 Å². The molecule has 1 unspecified atom stereocenters. The molecule has 1 atom stereocenters. The van der Waals surface area contributed by atoms with E-state index in [9.17, 15) is 13.0 Å². The van der Waals surface area contributed by atoms with Crippen LogP contribution >= 0.6 is 0 Å². The molecule has 0 aliphatic carbocycles. The topological polar surface area (TPSA) is 77.4 Å². The Morgan fingerprint density at radius 2 is 0.900 bits per heavy atom. The second-order valence-electron chi connectivity index (χ2n) is 8.78. The van der Waals surface area contributed by atoms with Crippen molar-refractivity contribution in [1.29, 1.82) is 0 Å². The van der Waals surface area contributed by atoms with Crippen molar-refractivity contribution in [2.75, 3.05) is 6.61 Å². The zero-order valence-electron chi connectivity index (χ0n) is 20.2. The maximum absolute atomic E-state index is 11.5. The molecule has 0 aromatic carbocycles. The SMILES string of the molecule is CCCCCCCCCCCCC(CCCCCCCCCCCO)S(=O)(=O)[O-].[K+]. The fourth-order valence-electron chi connectivity index (χ4n) is 4.01. The van der Waals surface area contributed by atoms with Gasteiger partial charge in [0.25, 0.3) is 0 Å². The standard InChI is InChI=1S/C24H50O4S.K/c1-2-3-4-5-6-7-9-12-15-18-21-24(29(26,27)28)22-19-16-13-10-8-11-14-17-20-23-25;/h24-25H,2-23H2,1H3,(H,26,27,28);/q;+1/p-1. The molecule has 0 spiro atoms. The molecular weight excluding hydrogens is 423 g/mol. The largest absolute Gasteiger partial charge is 1.00 e. The van der Waals surface area contributed by atoms with Crippen LogP contribution < -0.4 is 51.4 Å². The van der Waals surface area contributed by atoms with Crippen LogP contribution in [0.3, 0.4) is 0 Å². The Morgan fingerprint density at radius 3 is 1.20 bits per heavy atom. The minimum Gasteiger partial charge on any atom is -0.748 e. The first-order valence-electron chi connectivity index (χ1n) is 12.6. The van der Waals surface area contributed by atoms with E-state index in [2.05, 4.69) is 6.92 Å². The van der Waals surface area contributed by atoms with Gasteiger partial charge in [-0.15, -0.1) is 0 Å². The first-order valence-corrected chi connectivity index (χ1v) is 14.0. The summed E-state index contributed by atoms with van der Waals surface area (Å²) in [5.41, 5.74) is 0. The molecular formula is C24H49KO4S. The Bertz CT molecular complexity index is 405. The van der Waals surface area contributed by atoms with Crippen LogP contribution in [-0.2, 0) is 10.1 Å². The first-order chi connectivity index (χ1) is 14.0. The van der Waals surface area contributed by atoms with Gasteiger partial charge in [0, 0.05) is 11.9 Å². The molecule has 6 heteroatoms. The molecule has 0 aromatic heterocycles. The van der Waals surface area contributed by atoms with E-state index in [0.29, 0.717) is 19.4 Å². The summed E-state index contributed by atoms with van der Waals surface area (Å²) < 4.78 is 34.6. The van der Waals surface area contributed by atoms with E-state index < -0.39 is 15.4 Å². The van der Waals surface area contributed by atoms with Crippen LogP contribution in [-0.4, -0.2) is 29.9 Å². The summed E-state index contributed by atoms with van der Waals surface area (Å²) in [6, 6.07) is 0. The molecule has 30 heavy (non-hydrogen) atoms. The summed E-state index contributed by atoms with van der Waals surface area (Å²) in [6.45, 7) is 2.53. The minimum atomic E-state index is -4.16. The van der Waals surface area contributed by atoms with Gasteiger partial charge in [-0.1, -0.05) is 122 Å². The molecule has 0 aliphatic rings. The first kappa shape index (κ1) is 33.7. The summed E-state index contributed by atoms with van der Waals surface area (Å²) in [5.74, 6) is 0. The van der Waals surface area contributed by atoms with Crippen molar-refractivity contribution in [2.24, 2.45) is 0 Å². The van der Waals surface area contributed by atoms with Gasteiger partial charge in [0.05, 0.1) is 10.1 Å². The number of unbranched alkanes of at least 4 members (excludes halogenated alkanes) is 17. The molecule has 0 heterocycles. The van der Waals surface area contributed by atoms with E-state index in [0.717, 1.165) is 51.4 Å². The monoisotopic (exact) mass is 472 g/mol. The molecule has 0 aromatic rings. The average molecular weight is 473 g/mol. The van der Waals surface area contributed by atoms with Gasteiger partial charge in [0.1, 0.15) is 0 Å². The molecule has 4 nitrogen and oxygen atoms in total. The van der Waals surface area contributed by atoms with Crippen molar-refractivity contribution < 1.29 is 69.5 Å². The van der Waals surface area contributed by atoms with E-state index in [4.69, 9.17) is 5.11 Å². The molecule has 0 radical (unpaired) electrons. The quantitative estimate of drug-likeness (QED) is 0.138. The maximum atomic E-state index is 11.5. The normalized spacial score (nSPS) is 12.6. The predicted octanol–water partition coefficient (Wildman–Crippen LogP) is 4.11. The Morgan fingerprint density at radius 1 is 0.600 bits per heavy atom. The van der Waals surface area contributed by atoms with Crippen LogP contribution in [0.25, 0.3) is 0 Å². The van der Waals surface area contributed by atoms with E-state index in [1.165, 1.54) is 70.6 Å². The predicted molar refractivity (Wildman–Crippen MR) is 123 cm³/mol. The molecule has 0 amide bonds. The van der Waals surface area contributed by atoms with Crippen molar-refractivity contribution in [3.63, 3.8) is 0 Å². The summed E-state index contributed by atoms with van der Waals surface area (Å²) in [5, 5.41) is 8.07. The summed E-state index contributed by atoms with van der Waals surface area (Å²) >= 11 is 0. The fourth-order valence-corrected chi connectivity index (χ4v) is 4.92. The third kappa shape index (κ3) is 24.2. The van der Waals surface area contributed by atoms with Crippen molar-refractivity contribution >= 4 is 10.1 Å². The molecule has 176 valence electrons. The van der Waals surface area contributed by atoms with Crippen molar-refractivity contribution in [3.8, 4) is 0 Å². The van der Waals surface area contributed by atoms with E-state index in [1.54, 1.807) is 0 Å². The summed E-state index contributed by atoms with van der Waals surface area (Å²) in [7, 11) is -4.16. The molecule has 0 rings (SSSR count). The molecule has 0 saturated carbocycles. The van der Waals surface area contributed by atoms with Crippen LogP contribution in [0.15, 0.2) is 0 Å². The number of aliphatic hydroxyl groups is 1. The zero-order chi connectivity index (χ0) is 21.6. The number of hydrogen-bond acceptors (Lipinski definition) is 4. The van der Waals surface area contributed by atoms with Crippen molar-refractivity contribution in [1.82, 2.24) is 0 Å². The van der Waals surface area contributed by atoms with Gasteiger partial charge in [-0.3, -0.25) is 0 Å². The Kier molecular flexibility index (Phi) is 28.2. The molecule has 0 bridgehead atoms. The number of rotatable bonds is 23. The third-order valence-electron chi connectivity index (χ3n) is 5.97. The van der Waals surface area contributed by atoms with Crippen LogP contribution in [0.4, 0.5) is 0 Å². The average Bonchev–Trinajstić information content (AvgIpc) is 2.68. The maximum Gasteiger partial charge on any atom is 1.00 e.